The molecule has 0 saturated heterocycles. The van der Waals surface area contributed by atoms with Gasteiger partial charge in [0.25, 0.3) is 5.91 Å². The zero-order chi connectivity index (χ0) is 20.0. The highest BCUT2D eigenvalue weighted by molar-refractivity contribution is 5.95. The Labute approximate surface area is 170 Å². The molecule has 2 heterocycles. The van der Waals surface area contributed by atoms with E-state index in [0.29, 0.717) is 30.9 Å². The van der Waals surface area contributed by atoms with Crippen molar-refractivity contribution in [3.8, 4) is 17.6 Å². The van der Waals surface area contributed by atoms with Crippen LogP contribution in [-0.4, -0.2) is 30.6 Å². The van der Waals surface area contributed by atoms with Crippen LogP contribution in [-0.2, 0) is 5.41 Å². The van der Waals surface area contributed by atoms with Crippen LogP contribution in [0.3, 0.4) is 0 Å². The van der Waals surface area contributed by atoms with E-state index in [1.165, 1.54) is 18.4 Å². The summed E-state index contributed by atoms with van der Waals surface area (Å²) in [6.45, 7) is 3.92. The molecule has 1 spiro atoms. The minimum Gasteiger partial charge on any atom is -0.486 e. The average molecular weight is 388 g/mol. The van der Waals surface area contributed by atoms with Crippen molar-refractivity contribution in [3.63, 3.8) is 0 Å². The number of hydrogen-bond donors (Lipinski definition) is 0. The zero-order valence-electron chi connectivity index (χ0n) is 16.6. The Kier molecular flexibility index (Phi) is 4.24. The molecule has 1 amide bonds. The van der Waals surface area contributed by atoms with Crippen LogP contribution < -0.4 is 9.47 Å². The lowest BCUT2D eigenvalue weighted by molar-refractivity contribution is 0.0593. The van der Waals surface area contributed by atoms with Gasteiger partial charge in [-0.05, 0) is 61.2 Å². The third-order valence-corrected chi connectivity index (χ3v) is 6.74. The van der Waals surface area contributed by atoms with E-state index in [4.69, 9.17) is 9.47 Å². The van der Waals surface area contributed by atoms with Gasteiger partial charge in [0, 0.05) is 17.5 Å². The van der Waals surface area contributed by atoms with E-state index in [-0.39, 0.29) is 17.4 Å². The number of rotatable bonds is 1. The van der Waals surface area contributed by atoms with E-state index in [2.05, 4.69) is 25.1 Å². The van der Waals surface area contributed by atoms with Crippen molar-refractivity contribution in [2.45, 2.75) is 44.1 Å². The van der Waals surface area contributed by atoms with Gasteiger partial charge in [0.15, 0.2) is 11.5 Å². The van der Waals surface area contributed by atoms with Crippen LogP contribution in [0.4, 0.5) is 0 Å². The maximum atomic E-state index is 13.5. The number of benzene rings is 2. The van der Waals surface area contributed by atoms with Gasteiger partial charge in [0.05, 0.1) is 17.7 Å². The molecule has 2 aromatic rings. The summed E-state index contributed by atoms with van der Waals surface area (Å²) in [5, 5.41) is 9.22. The Morgan fingerprint density at radius 1 is 1.14 bits per heavy atom. The number of nitrogens with zero attached hydrogens (tertiary/aromatic N) is 2. The highest BCUT2D eigenvalue weighted by Gasteiger charge is 2.46. The number of carbonyl (C=O) groups is 1. The molecule has 1 unspecified atom stereocenters. The van der Waals surface area contributed by atoms with Crippen molar-refractivity contribution >= 4 is 5.91 Å². The normalized spacial score (nSPS) is 21.5. The predicted molar refractivity (Wildman–Crippen MR) is 108 cm³/mol. The van der Waals surface area contributed by atoms with Crippen molar-refractivity contribution in [1.29, 1.82) is 5.26 Å². The number of nitriles is 1. The Balaban J connectivity index is 1.59. The molecule has 5 heteroatoms. The number of fused-ring (bicyclic) bond motifs is 3. The van der Waals surface area contributed by atoms with E-state index in [1.807, 2.05) is 4.90 Å². The minimum absolute atomic E-state index is 0.0126. The van der Waals surface area contributed by atoms with Crippen LogP contribution >= 0.6 is 0 Å². The van der Waals surface area contributed by atoms with Gasteiger partial charge in [-0.3, -0.25) is 4.79 Å². The molecule has 1 atom stereocenters. The summed E-state index contributed by atoms with van der Waals surface area (Å²) in [5.74, 6) is 1.59. The fourth-order valence-corrected chi connectivity index (χ4v) is 5.24. The zero-order valence-corrected chi connectivity index (χ0v) is 16.6. The first-order chi connectivity index (χ1) is 14.1. The third-order valence-electron chi connectivity index (χ3n) is 6.74. The Morgan fingerprint density at radius 3 is 2.59 bits per heavy atom. The molecular weight excluding hydrogens is 364 g/mol. The summed E-state index contributed by atoms with van der Waals surface area (Å²) < 4.78 is 11.7. The highest BCUT2D eigenvalue weighted by atomic mass is 16.6. The maximum Gasteiger partial charge on any atom is 0.254 e. The SMILES string of the molecule is CC1c2cc3c(cc2C2(CCCC2)CN1C(=O)c1cccc(C#N)c1)OCCO3. The molecule has 0 radical (unpaired) electrons. The lowest BCUT2D eigenvalue weighted by Crippen LogP contribution is -2.48. The van der Waals surface area contributed by atoms with E-state index in [1.54, 1.807) is 24.3 Å². The minimum atomic E-state index is -0.0645. The second-order valence-electron chi connectivity index (χ2n) is 8.37. The highest BCUT2D eigenvalue weighted by Crippen LogP contribution is 2.52. The first-order valence-corrected chi connectivity index (χ1v) is 10.4. The molecule has 148 valence electrons. The largest absolute Gasteiger partial charge is 0.486 e. The first-order valence-electron chi connectivity index (χ1n) is 10.4. The van der Waals surface area contributed by atoms with Crippen molar-refractivity contribution in [2.24, 2.45) is 0 Å². The molecule has 0 bridgehead atoms. The Bertz CT molecular complexity index is 1020. The Hall–Kier alpha value is -3.00. The van der Waals surface area contributed by atoms with Crippen molar-refractivity contribution in [2.75, 3.05) is 19.8 Å². The van der Waals surface area contributed by atoms with Crippen LogP contribution in [0.5, 0.6) is 11.5 Å². The smallest absolute Gasteiger partial charge is 0.254 e. The molecule has 0 N–H and O–H groups in total. The van der Waals surface area contributed by atoms with Crippen LogP contribution in [0.2, 0.25) is 0 Å². The van der Waals surface area contributed by atoms with Crippen LogP contribution in [0.1, 0.15) is 65.7 Å². The molecule has 1 saturated carbocycles. The van der Waals surface area contributed by atoms with Gasteiger partial charge in [0.2, 0.25) is 0 Å². The summed E-state index contributed by atoms with van der Waals surface area (Å²) in [4.78, 5) is 15.5. The number of carbonyl (C=O) groups excluding carboxylic acids is 1. The Morgan fingerprint density at radius 2 is 1.86 bits per heavy atom. The summed E-state index contributed by atoms with van der Waals surface area (Å²) in [7, 11) is 0. The van der Waals surface area contributed by atoms with Crippen molar-refractivity contribution in [3.05, 3.63) is 58.7 Å². The fraction of sp³-hybridized carbons (Fsp3) is 0.417. The van der Waals surface area contributed by atoms with E-state index in [9.17, 15) is 10.1 Å². The van der Waals surface area contributed by atoms with Gasteiger partial charge in [0.1, 0.15) is 13.2 Å². The molecule has 1 aliphatic carbocycles. The second kappa shape index (κ2) is 6.81. The standard InChI is InChI=1S/C24H24N2O3/c1-16-19-12-21-22(29-10-9-28-21)13-20(19)24(7-2-3-8-24)15-26(16)23(27)18-6-4-5-17(11-18)14-25/h4-6,11-13,16H,2-3,7-10,15H2,1H3. The summed E-state index contributed by atoms with van der Waals surface area (Å²) in [6.07, 6.45) is 4.51. The van der Waals surface area contributed by atoms with Gasteiger partial charge in [-0.15, -0.1) is 0 Å². The summed E-state index contributed by atoms with van der Waals surface area (Å²) in [5.41, 5.74) is 3.54. The molecule has 29 heavy (non-hydrogen) atoms. The quantitative estimate of drug-likeness (QED) is 0.728. The number of amides is 1. The summed E-state index contributed by atoms with van der Waals surface area (Å²) >= 11 is 0. The number of hydrogen-bond acceptors (Lipinski definition) is 4. The van der Waals surface area contributed by atoms with Gasteiger partial charge < -0.3 is 14.4 Å². The van der Waals surface area contributed by atoms with E-state index >= 15 is 0 Å². The topological polar surface area (TPSA) is 62.6 Å². The molecule has 5 rings (SSSR count). The molecule has 0 aromatic heterocycles. The van der Waals surface area contributed by atoms with Crippen LogP contribution in [0.25, 0.3) is 0 Å². The van der Waals surface area contributed by atoms with Crippen molar-refractivity contribution in [1.82, 2.24) is 4.90 Å². The van der Waals surface area contributed by atoms with Crippen LogP contribution in [0.15, 0.2) is 36.4 Å². The van der Waals surface area contributed by atoms with Gasteiger partial charge >= 0.3 is 0 Å². The van der Waals surface area contributed by atoms with Gasteiger partial charge in [-0.1, -0.05) is 18.9 Å². The first kappa shape index (κ1) is 18.1. The maximum absolute atomic E-state index is 13.5. The predicted octanol–water partition coefficient (Wildman–Crippen LogP) is 4.36. The third kappa shape index (κ3) is 2.86. The molecule has 2 aromatic carbocycles. The van der Waals surface area contributed by atoms with Gasteiger partial charge in [-0.2, -0.15) is 5.26 Å². The average Bonchev–Trinajstić information content (AvgIpc) is 3.24. The summed E-state index contributed by atoms with van der Waals surface area (Å²) in [6, 6.07) is 13.3. The van der Waals surface area contributed by atoms with E-state index < -0.39 is 0 Å². The molecule has 3 aliphatic rings. The molecular formula is C24H24N2O3. The lowest BCUT2D eigenvalue weighted by Gasteiger charge is -2.46. The molecule has 2 aliphatic heterocycles. The monoisotopic (exact) mass is 388 g/mol. The van der Waals surface area contributed by atoms with Crippen molar-refractivity contribution < 1.29 is 14.3 Å². The molecule has 5 nitrogen and oxygen atoms in total. The van der Waals surface area contributed by atoms with Gasteiger partial charge in [-0.25, -0.2) is 0 Å². The number of ether oxygens (including phenoxy) is 2. The lowest BCUT2D eigenvalue weighted by atomic mass is 9.71. The fourth-order valence-electron chi connectivity index (χ4n) is 5.24. The van der Waals surface area contributed by atoms with Crippen LogP contribution in [0, 0.1) is 11.3 Å². The van der Waals surface area contributed by atoms with E-state index in [0.717, 1.165) is 29.9 Å². The molecule has 1 fully saturated rings. The second-order valence-corrected chi connectivity index (χ2v) is 8.37.